The molecule has 0 fully saturated rings. The monoisotopic (exact) mass is 349 g/mol. The Balaban J connectivity index is 1.97. The van der Waals surface area contributed by atoms with E-state index in [1.165, 1.54) is 6.20 Å². The third-order valence-electron chi connectivity index (χ3n) is 2.82. The number of amides is 1. The summed E-state index contributed by atoms with van der Waals surface area (Å²) in [6.45, 7) is 0. The first kappa shape index (κ1) is 13.1. The molecule has 1 aromatic carbocycles. The van der Waals surface area contributed by atoms with Crippen molar-refractivity contribution in [1.29, 1.82) is 0 Å². The van der Waals surface area contributed by atoms with Gasteiger partial charge in [0.15, 0.2) is 0 Å². The van der Waals surface area contributed by atoms with Crippen molar-refractivity contribution in [3.05, 3.63) is 64.0 Å². The number of para-hydroxylation sites is 1. The molecule has 0 atom stereocenters. The molecule has 2 aromatic heterocycles. The summed E-state index contributed by atoms with van der Waals surface area (Å²) in [5.74, 6) is -0.260. The molecule has 0 bridgehead atoms. The number of nitrogens with zero attached hydrogens (tertiary/aromatic N) is 2. The van der Waals surface area contributed by atoms with Crippen LogP contribution in [0, 0.1) is 0 Å². The van der Waals surface area contributed by atoms with E-state index in [9.17, 15) is 4.79 Å². The second-order valence-corrected chi connectivity index (χ2v) is 5.48. The highest BCUT2D eigenvalue weighted by molar-refractivity contribution is 9.10. The van der Waals surface area contributed by atoms with Crippen molar-refractivity contribution in [1.82, 2.24) is 9.38 Å². The number of halogens is 2. The van der Waals surface area contributed by atoms with Crippen LogP contribution < -0.4 is 5.32 Å². The van der Waals surface area contributed by atoms with Crippen LogP contribution in [0.15, 0.2) is 53.3 Å². The molecule has 2 heterocycles. The van der Waals surface area contributed by atoms with Crippen LogP contribution in [0.1, 0.15) is 10.5 Å². The number of aromatic nitrogens is 2. The van der Waals surface area contributed by atoms with Crippen molar-refractivity contribution in [3.63, 3.8) is 0 Å². The normalized spacial score (nSPS) is 10.7. The molecule has 20 heavy (non-hydrogen) atoms. The zero-order chi connectivity index (χ0) is 14.1. The van der Waals surface area contributed by atoms with Gasteiger partial charge in [-0.1, -0.05) is 23.7 Å². The second kappa shape index (κ2) is 5.26. The molecule has 3 aromatic rings. The van der Waals surface area contributed by atoms with Gasteiger partial charge in [0.2, 0.25) is 0 Å². The molecule has 0 aliphatic carbocycles. The minimum absolute atomic E-state index is 0.260. The number of anilines is 1. The van der Waals surface area contributed by atoms with Crippen LogP contribution >= 0.6 is 27.5 Å². The topological polar surface area (TPSA) is 46.4 Å². The van der Waals surface area contributed by atoms with Crippen LogP contribution in [0.4, 0.5) is 5.69 Å². The number of pyridine rings is 1. The highest BCUT2D eigenvalue weighted by Gasteiger charge is 2.13. The van der Waals surface area contributed by atoms with Crippen LogP contribution in [-0.4, -0.2) is 15.3 Å². The van der Waals surface area contributed by atoms with E-state index in [0.717, 1.165) is 4.47 Å². The molecule has 3 rings (SSSR count). The molecule has 0 aliphatic heterocycles. The van der Waals surface area contributed by atoms with Gasteiger partial charge in [-0.15, -0.1) is 0 Å². The Kier molecular flexibility index (Phi) is 3.46. The van der Waals surface area contributed by atoms with E-state index < -0.39 is 0 Å². The lowest BCUT2D eigenvalue weighted by atomic mass is 10.3. The fourth-order valence-electron chi connectivity index (χ4n) is 1.87. The van der Waals surface area contributed by atoms with Gasteiger partial charge in [-0.3, -0.25) is 9.20 Å². The highest BCUT2D eigenvalue weighted by atomic mass is 79.9. The van der Waals surface area contributed by atoms with E-state index in [-0.39, 0.29) is 5.91 Å². The molecule has 0 aliphatic rings. The van der Waals surface area contributed by atoms with Gasteiger partial charge in [-0.2, -0.15) is 0 Å². The summed E-state index contributed by atoms with van der Waals surface area (Å²) >= 11 is 9.41. The van der Waals surface area contributed by atoms with Gasteiger partial charge in [0.1, 0.15) is 11.3 Å². The van der Waals surface area contributed by atoms with Gasteiger partial charge < -0.3 is 5.32 Å². The largest absolute Gasteiger partial charge is 0.319 e. The number of benzene rings is 1. The summed E-state index contributed by atoms with van der Waals surface area (Å²) in [4.78, 5) is 16.5. The number of nitrogens with one attached hydrogen (secondary N) is 1. The van der Waals surface area contributed by atoms with Gasteiger partial charge in [-0.25, -0.2) is 4.98 Å². The lowest BCUT2D eigenvalue weighted by Crippen LogP contribution is -2.14. The van der Waals surface area contributed by atoms with Crippen LogP contribution in [0.5, 0.6) is 0 Å². The molecule has 0 radical (unpaired) electrons. The molecule has 1 N–H and O–H groups in total. The molecule has 100 valence electrons. The lowest BCUT2D eigenvalue weighted by Gasteiger charge is -2.06. The molecule has 0 spiro atoms. The number of hydrogen-bond acceptors (Lipinski definition) is 2. The van der Waals surface area contributed by atoms with Gasteiger partial charge in [-0.05, 0) is 40.2 Å². The Hall–Kier alpha value is -1.85. The van der Waals surface area contributed by atoms with E-state index in [4.69, 9.17) is 11.6 Å². The highest BCUT2D eigenvalue weighted by Crippen LogP contribution is 2.21. The van der Waals surface area contributed by atoms with Gasteiger partial charge in [0.05, 0.1) is 16.9 Å². The summed E-state index contributed by atoms with van der Waals surface area (Å²) in [7, 11) is 0. The maximum Gasteiger partial charge on any atom is 0.274 e. The number of fused-ring (bicyclic) bond motifs is 1. The maximum atomic E-state index is 12.3. The zero-order valence-corrected chi connectivity index (χ0v) is 12.5. The Morgan fingerprint density at radius 2 is 2.05 bits per heavy atom. The third-order valence-corrected chi connectivity index (χ3v) is 3.62. The number of rotatable bonds is 2. The first-order valence-electron chi connectivity index (χ1n) is 5.83. The third kappa shape index (κ3) is 2.42. The van der Waals surface area contributed by atoms with E-state index >= 15 is 0 Å². The smallest absolute Gasteiger partial charge is 0.274 e. The first-order chi connectivity index (χ1) is 9.65. The SMILES string of the molecule is O=C(Nc1ccccc1Cl)c1cnc2ccc(Br)cn12. The molecule has 6 heteroatoms. The molecule has 1 amide bonds. The quantitative estimate of drug-likeness (QED) is 0.759. The number of hydrogen-bond donors (Lipinski definition) is 1. The minimum Gasteiger partial charge on any atom is -0.319 e. The summed E-state index contributed by atoms with van der Waals surface area (Å²) < 4.78 is 2.59. The van der Waals surface area contributed by atoms with Gasteiger partial charge in [0.25, 0.3) is 5.91 Å². The molecular weight excluding hydrogens is 342 g/mol. The van der Waals surface area contributed by atoms with Crippen LogP contribution in [0.3, 0.4) is 0 Å². The molecule has 0 unspecified atom stereocenters. The van der Waals surface area contributed by atoms with E-state index in [1.807, 2.05) is 24.3 Å². The summed E-state index contributed by atoms with van der Waals surface area (Å²) in [6, 6.07) is 10.8. The van der Waals surface area contributed by atoms with Crippen molar-refractivity contribution in [2.24, 2.45) is 0 Å². The van der Waals surface area contributed by atoms with Crippen molar-refractivity contribution in [2.45, 2.75) is 0 Å². The van der Waals surface area contributed by atoms with Crippen LogP contribution in [0.2, 0.25) is 5.02 Å². The average Bonchev–Trinajstić information content (AvgIpc) is 2.84. The number of imidazole rings is 1. The molecule has 4 nitrogen and oxygen atoms in total. The van der Waals surface area contributed by atoms with E-state index in [0.29, 0.717) is 22.1 Å². The summed E-state index contributed by atoms with van der Waals surface area (Å²) in [5.41, 5.74) is 1.72. The minimum atomic E-state index is -0.260. The molecule has 0 saturated carbocycles. The first-order valence-corrected chi connectivity index (χ1v) is 7.01. The van der Waals surface area contributed by atoms with Crippen molar-refractivity contribution >= 4 is 44.8 Å². The van der Waals surface area contributed by atoms with E-state index in [2.05, 4.69) is 26.2 Å². The van der Waals surface area contributed by atoms with Crippen molar-refractivity contribution in [3.8, 4) is 0 Å². The predicted molar refractivity (Wildman–Crippen MR) is 82.3 cm³/mol. The summed E-state index contributed by atoms with van der Waals surface area (Å²) in [6.07, 6.45) is 3.33. The fourth-order valence-corrected chi connectivity index (χ4v) is 2.39. The van der Waals surface area contributed by atoms with Crippen LogP contribution in [0.25, 0.3) is 5.65 Å². The van der Waals surface area contributed by atoms with Gasteiger partial charge in [0, 0.05) is 10.7 Å². The Morgan fingerprint density at radius 1 is 1.25 bits per heavy atom. The van der Waals surface area contributed by atoms with E-state index in [1.54, 1.807) is 22.7 Å². The molecule has 0 saturated heterocycles. The Morgan fingerprint density at radius 3 is 2.85 bits per heavy atom. The summed E-state index contributed by atoms with van der Waals surface area (Å²) in [5, 5.41) is 3.27. The number of carbonyl (C=O) groups is 1. The average molecular weight is 351 g/mol. The predicted octanol–water partition coefficient (Wildman–Crippen LogP) is 4.00. The van der Waals surface area contributed by atoms with Crippen LogP contribution in [-0.2, 0) is 0 Å². The zero-order valence-electron chi connectivity index (χ0n) is 10.2. The fraction of sp³-hybridized carbons (Fsp3) is 0. The Bertz CT molecular complexity index is 800. The Labute approximate surface area is 128 Å². The standard InChI is InChI=1S/C14H9BrClN3O/c15-9-5-6-13-17-7-12(19(13)8-9)14(20)18-11-4-2-1-3-10(11)16/h1-8H,(H,18,20). The van der Waals surface area contributed by atoms with Gasteiger partial charge >= 0.3 is 0 Å². The molecular formula is C14H9BrClN3O. The second-order valence-electron chi connectivity index (χ2n) is 4.15. The maximum absolute atomic E-state index is 12.3. The number of carbonyl (C=O) groups excluding carboxylic acids is 1. The van der Waals surface area contributed by atoms with Crippen molar-refractivity contribution < 1.29 is 4.79 Å². The van der Waals surface area contributed by atoms with Crippen molar-refractivity contribution in [2.75, 3.05) is 5.32 Å². The lowest BCUT2D eigenvalue weighted by molar-refractivity contribution is 0.102.